The van der Waals surface area contributed by atoms with Gasteiger partial charge >= 0.3 is 0 Å². The van der Waals surface area contributed by atoms with Gasteiger partial charge in [-0.15, -0.1) is 5.11 Å². The number of nitrogens with zero attached hydrogens (tertiary/aromatic N) is 10. The van der Waals surface area contributed by atoms with Gasteiger partial charge in [-0.1, -0.05) is 131 Å². The molecule has 8 heterocycles. The Kier molecular flexibility index (Phi) is 29.6. The fraction of sp³-hybridized carbons (Fsp3) is 0.270. The first-order valence-corrected chi connectivity index (χ1v) is 42.1. The summed E-state index contributed by atoms with van der Waals surface area (Å²) in [7, 11) is -3.21. The summed E-state index contributed by atoms with van der Waals surface area (Å²) in [5.41, 5.74) is 16.8. The van der Waals surface area contributed by atoms with Gasteiger partial charge in [0.05, 0.1) is 80.0 Å². The maximum absolute atomic E-state index is 12.5. The number of hydrogen-bond acceptors (Lipinski definition) is 20. The van der Waals surface area contributed by atoms with Crippen LogP contribution in [0.25, 0.3) is 55.6 Å². The molecule has 119 heavy (non-hydrogen) atoms. The number of aliphatic imine (C=N–C) groups is 1. The Bertz CT molecular complexity index is 5990. The Hall–Kier alpha value is -11.9. The van der Waals surface area contributed by atoms with Crippen LogP contribution in [0, 0.1) is 20.8 Å². The summed E-state index contributed by atoms with van der Waals surface area (Å²) in [5, 5.41) is 58.7. The van der Waals surface area contributed by atoms with E-state index in [9.17, 15) is 38.1 Å². The molecule has 0 saturated carbocycles. The van der Waals surface area contributed by atoms with Crippen molar-refractivity contribution in [3.63, 3.8) is 0 Å². The van der Waals surface area contributed by atoms with Crippen LogP contribution in [-0.4, -0.2) is 136 Å². The second-order valence-corrected chi connectivity index (χ2v) is 33.0. The predicted molar refractivity (Wildman–Crippen MR) is 478 cm³/mol. The van der Waals surface area contributed by atoms with Crippen molar-refractivity contribution in [3.8, 4) is 34.3 Å². The summed E-state index contributed by atoms with van der Waals surface area (Å²) in [6.45, 7) is 19.1. The van der Waals surface area contributed by atoms with Crippen molar-refractivity contribution in [3.05, 3.63) is 248 Å². The number of aryl methyl sites for hydroxylation is 3. The molecule has 0 spiro atoms. The number of Topliss-reactive ketones (excluding diaryl/α,β-unsaturated/α-hetero) is 1. The van der Waals surface area contributed by atoms with Gasteiger partial charge in [0.2, 0.25) is 17.8 Å². The minimum Gasteiger partial charge on any atom is -0.508 e. The SMILES string of the molecule is C.CC[C@H](CO)Nc1nc(NCc2ccccc2O)c2ncn(C(C)C)c2n1.Cc1ccc(-c2ccnc(Nc3ccc(S(C)(=O)=O)cc3)n2)n1C(C)C.Cc1ccc(N=Nc2c(O)[nH]c3cc(Br)ccc23)cc1.Cc1ccc2[nH]c3c(c2c1)CC(=O)Cc1ccccc1-3.O=C(NC1CCNCC1)C1=NCC=C1NC(=O)c1c(Cl)cccc1Cl. The summed E-state index contributed by atoms with van der Waals surface area (Å²) < 4.78 is 28.2. The molecule has 0 radical (unpaired) electrons. The molecule has 11 N–H and O–H groups in total. The number of amides is 2. The molecular weight excluding hydrogens is 1630 g/mol. The van der Waals surface area contributed by atoms with Crippen LogP contribution in [0.3, 0.4) is 0 Å². The maximum Gasteiger partial charge on any atom is 0.271 e. The first kappa shape index (κ1) is 87.9. The average Bonchev–Trinajstić information content (AvgIpc) is 1.62. The van der Waals surface area contributed by atoms with Crippen molar-refractivity contribution < 1.29 is 38.1 Å². The van der Waals surface area contributed by atoms with Crippen molar-refractivity contribution in [1.82, 2.24) is 60.0 Å². The number of imidazole rings is 1. The first-order chi connectivity index (χ1) is 56.7. The van der Waals surface area contributed by atoms with E-state index in [0.717, 1.165) is 104 Å². The van der Waals surface area contributed by atoms with Crippen LogP contribution in [0.15, 0.2) is 219 Å². The number of nitrogens with one attached hydrogen (secondary N) is 8. The zero-order chi connectivity index (χ0) is 83.9. The summed E-state index contributed by atoms with van der Waals surface area (Å²) >= 11 is 15.5. The van der Waals surface area contributed by atoms with Crippen LogP contribution in [0.4, 0.5) is 34.8 Å². The van der Waals surface area contributed by atoms with Crippen LogP contribution in [-0.2, 0) is 38.8 Å². The highest BCUT2D eigenvalue weighted by Crippen LogP contribution is 2.39. The number of rotatable bonds is 19. The quantitative estimate of drug-likeness (QED) is 0.0335. The third-order valence-corrected chi connectivity index (χ3v) is 22.1. The number of carbonyl (C=O) groups is 3. The fourth-order valence-corrected chi connectivity index (χ4v) is 15.2. The number of aromatic amines is 2. The number of para-hydroxylation sites is 1. The molecule has 1 saturated heterocycles. The van der Waals surface area contributed by atoms with Crippen molar-refractivity contribution in [2.45, 2.75) is 131 Å². The molecule has 6 aromatic heterocycles. The number of phenols is 1. The zero-order valence-electron chi connectivity index (χ0n) is 66.7. The van der Waals surface area contributed by atoms with Crippen molar-refractivity contribution in [1.29, 1.82) is 0 Å². The van der Waals surface area contributed by atoms with Gasteiger partial charge in [-0.3, -0.25) is 19.4 Å². The lowest BCUT2D eigenvalue weighted by Crippen LogP contribution is -2.46. The molecule has 1 fully saturated rings. The number of anilines is 4. The smallest absolute Gasteiger partial charge is 0.271 e. The van der Waals surface area contributed by atoms with Gasteiger partial charge in [-0.25, -0.2) is 23.4 Å². The average molecular weight is 1730 g/mol. The molecular formula is C89H97BrCl2N18O8S. The highest BCUT2D eigenvalue weighted by molar-refractivity contribution is 9.10. The van der Waals surface area contributed by atoms with E-state index in [2.05, 4.69) is 187 Å². The van der Waals surface area contributed by atoms with Crippen LogP contribution >= 0.6 is 39.1 Å². The summed E-state index contributed by atoms with van der Waals surface area (Å²) in [6.07, 6.45) is 9.90. The largest absolute Gasteiger partial charge is 0.508 e. The molecule has 0 unspecified atom stereocenters. The van der Waals surface area contributed by atoms with Gasteiger partial charge in [0, 0.05) is 93.2 Å². The number of ketones is 1. The Morgan fingerprint density at radius 3 is 2.17 bits per heavy atom. The van der Waals surface area contributed by atoms with Crippen LogP contribution < -0.4 is 31.9 Å². The number of carbonyl (C=O) groups excluding carboxylic acids is 3. The number of H-pyrrole nitrogens is 2. The lowest BCUT2D eigenvalue weighted by atomic mass is 10.0. The van der Waals surface area contributed by atoms with E-state index >= 15 is 0 Å². The molecule has 1 aliphatic carbocycles. The van der Waals surface area contributed by atoms with E-state index in [4.69, 9.17) is 23.2 Å². The second kappa shape index (κ2) is 40.0. The number of fused-ring (bicyclic) bond motifs is 7. The first-order valence-electron chi connectivity index (χ1n) is 38.6. The molecule has 2 amide bonds. The molecule has 30 heteroatoms. The van der Waals surface area contributed by atoms with Gasteiger partial charge in [0.1, 0.15) is 17.2 Å². The molecule has 2 aliphatic heterocycles. The normalized spacial score (nSPS) is 13.4. The minimum absolute atomic E-state index is 0. The predicted octanol–water partition coefficient (Wildman–Crippen LogP) is 18.6. The maximum atomic E-state index is 12.5. The van der Waals surface area contributed by atoms with Crippen molar-refractivity contribution in [2.24, 2.45) is 15.2 Å². The molecule has 618 valence electrons. The molecule has 13 aromatic rings. The van der Waals surface area contributed by atoms with E-state index < -0.39 is 15.7 Å². The fourth-order valence-electron chi connectivity index (χ4n) is 13.7. The van der Waals surface area contributed by atoms with Gasteiger partial charge in [0.25, 0.3) is 11.8 Å². The number of piperidine rings is 1. The molecule has 3 aliphatic rings. The Balaban J connectivity index is 0.000000146. The standard InChI is InChI=1S/C19H26N6O2.C19H22N4O2S.C18H15NO.C17H18Cl2N4O2.C15H12BrN3O.CH4/c1-4-14(10-26)22-19-23-17(20-9-13-7-5-6-8-15(13)27)16-18(24-19)25(11-21-16)12(2)3;1-13(2)23-14(3)5-10-18(23)17-11-12-20-19(22-17)21-15-6-8-16(9-7-15)26(4,24)25;1-11-6-7-17-15(8-11)16-10-13(20)9-12-4-2-3-5-14(12)18(16)19-17;18-11-2-1-3-12(19)14(11)16(24)23-13-6-9-21-15(13)17(25)22-10-4-7-20-8-5-10;1-9-2-5-11(6-3-9)18-19-14-12-7-4-10(16)8-13(12)17-15(14)20;/h5-8,11-12,14,26-27H,4,9-10H2,1-3H3,(H2,20,22,23,24);5-13H,1-4H3,(H,20,21,22);2-8,19H,9-10H2,1H3;1-3,6,10,20H,4-5,7-9H2,(H,22,25)(H,23,24);2-8,17,20H,1H3;1H4/t14-;;;;;/m1...../s1. The number of phenolic OH excluding ortho intramolecular Hbond substituents is 1. The molecule has 16 rings (SSSR count). The number of sulfone groups is 1. The van der Waals surface area contributed by atoms with Crippen LogP contribution in [0.2, 0.25) is 10.0 Å². The van der Waals surface area contributed by atoms with E-state index in [1.54, 1.807) is 73.2 Å². The lowest BCUT2D eigenvalue weighted by molar-refractivity contribution is -0.118. The monoisotopic (exact) mass is 1730 g/mol. The highest BCUT2D eigenvalue weighted by atomic mass is 79.9. The number of benzene rings is 7. The third-order valence-electron chi connectivity index (χ3n) is 19.8. The summed E-state index contributed by atoms with van der Waals surface area (Å²) in [6, 6.07) is 53.1. The van der Waals surface area contributed by atoms with Crippen LogP contribution in [0.5, 0.6) is 11.6 Å². The highest BCUT2D eigenvalue weighted by Gasteiger charge is 2.28. The summed E-state index contributed by atoms with van der Waals surface area (Å²) in [5.74, 6) is 1.28. The van der Waals surface area contributed by atoms with Crippen molar-refractivity contribution in [2.75, 3.05) is 48.4 Å². The third kappa shape index (κ3) is 22.1. The van der Waals surface area contributed by atoms with E-state index in [1.165, 1.54) is 34.0 Å². The number of aromatic hydroxyl groups is 2. The number of hydrogen-bond donors (Lipinski definition) is 11. The van der Waals surface area contributed by atoms with E-state index in [0.29, 0.717) is 72.4 Å². The number of aromatic nitrogens is 9. The number of azo groups is 1. The topological polar surface area (TPSA) is 361 Å². The zero-order valence-corrected chi connectivity index (χ0v) is 70.6. The van der Waals surface area contributed by atoms with E-state index in [1.807, 2.05) is 91.2 Å². The lowest BCUT2D eigenvalue weighted by Gasteiger charge is -2.24. The Labute approximate surface area is 709 Å². The Morgan fingerprint density at radius 2 is 1.46 bits per heavy atom. The Morgan fingerprint density at radius 1 is 0.739 bits per heavy atom. The molecule has 26 nitrogen and oxygen atoms in total. The van der Waals surface area contributed by atoms with Crippen LogP contribution in [0.1, 0.15) is 117 Å². The number of aliphatic hydroxyl groups excluding tert-OH is 1. The van der Waals surface area contributed by atoms with Gasteiger partial charge in [0.15, 0.2) is 32.5 Å². The molecule has 0 bridgehead atoms. The second-order valence-electron chi connectivity index (χ2n) is 29.2. The number of aliphatic hydroxyl groups is 1. The number of halogens is 3. The molecule has 1 atom stereocenters. The molecule has 7 aromatic carbocycles. The minimum atomic E-state index is -3.21. The van der Waals surface area contributed by atoms with Gasteiger partial charge in [-0.05, 0) is 201 Å². The summed E-state index contributed by atoms with van der Waals surface area (Å²) in [4.78, 5) is 70.5. The van der Waals surface area contributed by atoms with Crippen molar-refractivity contribution >= 4 is 140 Å². The van der Waals surface area contributed by atoms with E-state index in [-0.39, 0.29) is 75.9 Å². The van der Waals surface area contributed by atoms with Gasteiger partial charge < -0.3 is 66.3 Å². The van der Waals surface area contributed by atoms with Gasteiger partial charge in [-0.2, -0.15) is 15.1 Å².